The fraction of sp³-hybridized carbons (Fsp3) is 0.476. The van der Waals surface area contributed by atoms with Crippen LogP contribution in [0.15, 0.2) is 35.3 Å². The lowest BCUT2D eigenvalue weighted by Gasteiger charge is -2.36. The van der Waals surface area contributed by atoms with E-state index < -0.39 is 0 Å². The lowest BCUT2D eigenvalue weighted by molar-refractivity contribution is 0.246. The minimum atomic E-state index is 0.862. The number of hydrogen-bond acceptors (Lipinski definition) is 7. The van der Waals surface area contributed by atoms with Crippen LogP contribution in [0.3, 0.4) is 0 Å². The van der Waals surface area contributed by atoms with Gasteiger partial charge in [-0.3, -0.25) is 4.90 Å². The minimum absolute atomic E-state index is 0.862. The molecule has 2 aliphatic rings. The van der Waals surface area contributed by atoms with Gasteiger partial charge in [-0.25, -0.2) is 15.0 Å². The van der Waals surface area contributed by atoms with Crippen molar-refractivity contribution in [1.29, 1.82) is 0 Å². The SMILES string of the molecule is Cc1ocnc1CN1CCN(c2ccc3ncnc(N4CCCC4)c3c2)CC1. The molecule has 0 aliphatic carbocycles. The van der Waals surface area contributed by atoms with Gasteiger partial charge in [0.15, 0.2) is 6.39 Å². The van der Waals surface area contributed by atoms with E-state index in [-0.39, 0.29) is 0 Å². The lowest BCUT2D eigenvalue weighted by Crippen LogP contribution is -2.46. The number of nitrogens with zero attached hydrogens (tertiary/aromatic N) is 6. The van der Waals surface area contributed by atoms with Crippen LogP contribution in [0, 0.1) is 6.92 Å². The molecule has 2 aromatic heterocycles. The zero-order valence-corrected chi connectivity index (χ0v) is 16.3. The quantitative estimate of drug-likeness (QED) is 0.692. The number of rotatable bonds is 4. The summed E-state index contributed by atoms with van der Waals surface area (Å²) in [7, 11) is 0. The van der Waals surface area contributed by atoms with Crippen molar-refractivity contribution >= 4 is 22.4 Å². The van der Waals surface area contributed by atoms with Gasteiger partial charge in [-0.15, -0.1) is 0 Å². The Labute approximate surface area is 165 Å². The van der Waals surface area contributed by atoms with Crippen molar-refractivity contribution in [2.45, 2.75) is 26.3 Å². The first-order valence-electron chi connectivity index (χ1n) is 10.1. The number of aryl methyl sites for hydroxylation is 1. The summed E-state index contributed by atoms with van der Waals surface area (Å²) >= 11 is 0. The Balaban J connectivity index is 1.32. The van der Waals surface area contributed by atoms with Crippen LogP contribution in [0.4, 0.5) is 11.5 Å². The topological polar surface area (TPSA) is 61.5 Å². The summed E-state index contributed by atoms with van der Waals surface area (Å²) in [5, 5.41) is 1.17. The molecule has 3 aromatic rings. The van der Waals surface area contributed by atoms with Crippen LogP contribution in [-0.2, 0) is 6.54 Å². The van der Waals surface area contributed by atoms with Crippen molar-refractivity contribution in [3.05, 3.63) is 42.4 Å². The molecular formula is C21H26N6O. The molecule has 2 aliphatic heterocycles. The van der Waals surface area contributed by atoms with Crippen molar-refractivity contribution in [3.8, 4) is 0 Å². The highest BCUT2D eigenvalue weighted by Crippen LogP contribution is 2.30. The zero-order valence-electron chi connectivity index (χ0n) is 16.3. The van der Waals surface area contributed by atoms with E-state index in [1.165, 1.54) is 30.3 Å². The molecule has 0 radical (unpaired) electrons. The highest BCUT2D eigenvalue weighted by molar-refractivity contribution is 5.92. The highest BCUT2D eigenvalue weighted by Gasteiger charge is 2.21. The predicted molar refractivity (Wildman–Crippen MR) is 110 cm³/mol. The fourth-order valence-corrected chi connectivity index (χ4v) is 4.26. The maximum atomic E-state index is 5.33. The normalized spacial score (nSPS) is 18.3. The van der Waals surface area contributed by atoms with Crippen molar-refractivity contribution in [1.82, 2.24) is 19.9 Å². The Kier molecular flexibility index (Phi) is 4.60. The molecule has 0 amide bonds. The van der Waals surface area contributed by atoms with Gasteiger partial charge in [0.2, 0.25) is 0 Å². The summed E-state index contributed by atoms with van der Waals surface area (Å²) in [6, 6.07) is 6.61. The monoisotopic (exact) mass is 378 g/mol. The van der Waals surface area contributed by atoms with Crippen LogP contribution in [0.5, 0.6) is 0 Å². The first-order valence-corrected chi connectivity index (χ1v) is 10.1. The van der Waals surface area contributed by atoms with E-state index in [2.05, 4.69) is 47.9 Å². The molecule has 0 N–H and O–H groups in total. The third-order valence-corrected chi connectivity index (χ3v) is 5.96. The summed E-state index contributed by atoms with van der Waals surface area (Å²) in [4.78, 5) is 20.7. The van der Waals surface area contributed by atoms with Gasteiger partial charge in [0, 0.05) is 56.9 Å². The second-order valence-corrected chi connectivity index (χ2v) is 7.71. The summed E-state index contributed by atoms with van der Waals surface area (Å²) < 4.78 is 5.33. The maximum absolute atomic E-state index is 5.33. The van der Waals surface area contributed by atoms with E-state index >= 15 is 0 Å². The molecule has 0 bridgehead atoms. The second kappa shape index (κ2) is 7.39. The van der Waals surface area contributed by atoms with Gasteiger partial charge < -0.3 is 14.2 Å². The van der Waals surface area contributed by atoms with Gasteiger partial charge in [0.1, 0.15) is 17.9 Å². The summed E-state index contributed by atoms with van der Waals surface area (Å²) in [5.74, 6) is 2.01. The van der Waals surface area contributed by atoms with Crippen LogP contribution in [-0.4, -0.2) is 59.1 Å². The van der Waals surface area contributed by atoms with Gasteiger partial charge >= 0.3 is 0 Å². The number of fused-ring (bicyclic) bond motifs is 1. The number of hydrogen-bond donors (Lipinski definition) is 0. The molecule has 0 saturated carbocycles. The second-order valence-electron chi connectivity index (χ2n) is 7.71. The summed E-state index contributed by atoms with van der Waals surface area (Å²) in [5.41, 5.74) is 3.34. The average Bonchev–Trinajstić information content (AvgIpc) is 3.40. The van der Waals surface area contributed by atoms with Crippen LogP contribution < -0.4 is 9.80 Å². The molecule has 4 heterocycles. The van der Waals surface area contributed by atoms with E-state index in [9.17, 15) is 0 Å². The molecule has 7 heteroatoms. The molecule has 28 heavy (non-hydrogen) atoms. The molecule has 2 saturated heterocycles. The predicted octanol–water partition coefficient (Wildman–Crippen LogP) is 2.85. The molecule has 0 spiro atoms. The highest BCUT2D eigenvalue weighted by atomic mass is 16.3. The van der Waals surface area contributed by atoms with Crippen LogP contribution in [0.25, 0.3) is 10.9 Å². The van der Waals surface area contributed by atoms with Crippen LogP contribution in [0.2, 0.25) is 0 Å². The molecule has 0 unspecified atom stereocenters. The lowest BCUT2D eigenvalue weighted by atomic mass is 10.1. The summed E-state index contributed by atoms with van der Waals surface area (Å²) in [6.45, 7) is 9.09. The third-order valence-electron chi connectivity index (χ3n) is 5.96. The first kappa shape index (κ1) is 17.4. The van der Waals surface area contributed by atoms with Gasteiger partial charge in [0.25, 0.3) is 0 Å². The molecular weight excluding hydrogens is 352 g/mol. The smallest absolute Gasteiger partial charge is 0.181 e. The molecule has 7 nitrogen and oxygen atoms in total. The number of aromatic nitrogens is 3. The number of benzene rings is 1. The van der Waals surface area contributed by atoms with Crippen molar-refractivity contribution < 1.29 is 4.42 Å². The maximum Gasteiger partial charge on any atom is 0.181 e. The van der Waals surface area contributed by atoms with E-state index in [4.69, 9.17) is 4.42 Å². The van der Waals surface area contributed by atoms with Crippen molar-refractivity contribution in [3.63, 3.8) is 0 Å². The molecule has 0 atom stereocenters. The van der Waals surface area contributed by atoms with E-state index in [0.717, 1.165) is 68.6 Å². The molecule has 146 valence electrons. The summed E-state index contributed by atoms with van der Waals surface area (Å²) in [6.07, 6.45) is 5.73. The Hall–Kier alpha value is -2.67. The number of oxazole rings is 1. The van der Waals surface area contributed by atoms with E-state index in [1.54, 1.807) is 6.33 Å². The van der Waals surface area contributed by atoms with Gasteiger partial charge in [0.05, 0.1) is 11.2 Å². The number of anilines is 2. The van der Waals surface area contributed by atoms with Crippen molar-refractivity contribution in [2.24, 2.45) is 0 Å². The number of piperazine rings is 1. The Morgan fingerprint density at radius 3 is 2.50 bits per heavy atom. The fourth-order valence-electron chi connectivity index (χ4n) is 4.26. The van der Waals surface area contributed by atoms with Gasteiger partial charge in [-0.1, -0.05) is 0 Å². The molecule has 2 fully saturated rings. The van der Waals surface area contributed by atoms with Gasteiger partial charge in [-0.2, -0.15) is 0 Å². The Morgan fingerprint density at radius 2 is 1.75 bits per heavy atom. The molecule has 5 rings (SSSR count). The average molecular weight is 378 g/mol. The Morgan fingerprint density at radius 1 is 0.929 bits per heavy atom. The van der Waals surface area contributed by atoms with Crippen LogP contribution >= 0.6 is 0 Å². The standard InChI is InChI=1S/C21H26N6O/c1-16-20(24-15-28-16)13-25-8-10-26(11-9-25)17-4-5-19-18(12-17)21(23-14-22-19)27-6-2-3-7-27/h4-5,12,14-15H,2-3,6-11,13H2,1H3. The van der Waals surface area contributed by atoms with Gasteiger partial charge in [-0.05, 0) is 38.0 Å². The Bertz CT molecular complexity index is 956. The third kappa shape index (κ3) is 3.30. The molecule has 1 aromatic carbocycles. The minimum Gasteiger partial charge on any atom is -0.448 e. The zero-order chi connectivity index (χ0) is 18.9. The van der Waals surface area contributed by atoms with Crippen molar-refractivity contribution in [2.75, 3.05) is 49.1 Å². The van der Waals surface area contributed by atoms with E-state index in [0.29, 0.717) is 0 Å². The van der Waals surface area contributed by atoms with Crippen LogP contribution in [0.1, 0.15) is 24.3 Å². The van der Waals surface area contributed by atoms with E-state index in [1.807, 2.05) is 6.92 Å². The largest absolute Gasteiger partial charge is 0.448 e. The first-order chi connectivity index (χ1) is 13.8.